The molecule has 0 aliphatic carbocycles. The Kier molecular flexibility index (Phi) is 5.06. The topological polar surface area (TPSA) is 55.1 Å². The molecule has 0 saturated carbocycles. The number of halogens is 2. The molecule has 1 atom stereocenters. The molecular formula is C11H10ClIN2O. The van der Waals surface area contributed by atoms with E-state index in [0.29, 0.717) is 10.7 Å². The maximum atomic E-state index is 11.6. The normalized spacial score (nSPS) is 11.6. The molecule has 16 heavy (non-hydrogen) atoms. The lowest BCUT2D eigenvalue weighted by atomic mass is 10.2. The van der Waals surface area contributed by atoms with Crippen molar-refractivity contribution in [3.63, 3.8) is 0 Å². The van der Waals surface area contributed by atoms with Gasteiger partial charge >= 0.3 is 0 Å². The van der Waals surface area contributed by atoms with Crippen molar-refractivity contribution < 1.29 is 4.79 Å². The Labute approximate surface area is 113 Å². The fraction of sp³-hybridized carbons (Fsp3) is 0.182. The molecule has 0 aromatic heterocycles. The van der Waals surface area contributed by atoms with Crippen LogP contribution in [0.25, 0.3) is 0 Å². The van der Waals surface area contributed by atoms with E-state index in [2.05, 4.69) is 33.8 Å². The Morgan fingerprint density at radius 1 is 1.69 bits per heavy atom. The monoisotopic (exact) mass is 348 g/mol. The number of rotatable bonds is 3. The zero-order chi connectivity index (χ0) is 12.1. The van der Waals surface area contributed by atoms with E-state index in [4.69, 9.17) is 23.8 Å². The lowest BCUT2D eigenvalue weighted by molar-refractivity contribution is -0.117. The molecule has 0 radical (unpaired) electrons. The van der Waals surface area contributed by atoms with Crippen LogP contribution in [0.5, 0.6) is 0 Å². The molecule has 1 amide bonds. The minimum Gasteiger partial charge on any atom is -0.324 e. The molecule has 1 unspecified atom stereocenters. The molecule has 1 aromatic rings. The van der Waals surface area contributed by atoms with Gasteiger partial charge in [0.1, 0.15) is 0 Å². The molecule has 0 fully saturated rings. The van der Waals surface area contributed by atoms with Crippen molar-refractivity contribution in [1.82, 2.24) is 0 Å². The molecule has 3 N–H and O–H groups in total. The molecule has 0 aliphatic rings. The van der Waals surface area contributed by atoms with Gasteiger partial charge in [-0.1, -0.05) is 11.6 Å². The number of anilines is 1. The van der Waals surface area contributed by atoms with E-state index in [9.17, 15) is 4.79 Å². The second-order valence-corrected chi connectivity index (χ2v) is 4.73. The third-order valence-corrected chi connectivity index (χ3v) is 2.99. The van der Waals surface area contributed by atoms with Gasteiger partial charge in [-0.3, -0.25) is 4.79 Å². The number of amides is 1. The first kappa shape index (κ1) is 13.3. The molecule has 0 bridgehead atoms. The number of hydrogen-bond acceptors (Lipinski definition) is 2. The zero-order valence-electron chi connectivity index (χ0n) is 8.34. The van der Waals surface area contributed by atoms with Crippen molar-refractivity contribution in [2.45, 2.75) is 12.5 Å². The molecular weight excluding hydrogens is 338 g/mol. The van der Waals surface area contributed by atoms with E-state index < -0.39 is 6.04 Å². The van der Waals surface area contributed by atoms with Crippen LogP contribution in [0.2, 0.25) is 5.02 Å². The van der Waals surface area contributed by atoms with Gasteiger partial charge in [0, 0.05) is 15.0 Å². The molecule has 0 saturated heterocycles. The van der Waals surface area contributed by atoms with Gasteiger partial charge in [0.05, 0.1) is 11.7 Å². The molecule has 84 valence electrons. The molecule has 1 rings (SSSR count). The Balaban J connectivity index is 2.74. The average Bonchev–Trinajstić information content (AvgIpc) is 2.22. The maximum Gasteiger partial charge on any atom is 0.242 e. The summed E-state index contributed by atoms with van der Waals surface area (Å²) in [6.07, 6.45) is 5.30. The second-order valence-electron chi connectivity index (χ2n) is 3.13. The summed E-state index contributed by atoms with van der Waals surface area (Å²) in [5.74, 6) is 2.06. The van der Waals surface area contributed by atoms with Crippen LogP contribution >= 0.6 is 34.2 Å². The lowest BCUT2D eigenvalue weighted by Gasteiger charge is -2.11. The number of nitrogens with one attached hydrogen (secondary N) is 1. The smallest absolute Gasteiger partial charge is 0.242 e. The first-order valence-corrected chi connectivity index (χ1v) is 5.95. The SMILES string of the molecule is C#CCC(N)C(=O)Nc1ccc(Cl)cc1I. The van der Waals surface area contributed by atoms with Crippen LogP contribution in [-0.4, -0.2) is 11.9 Å². The Bertz CT molecular complexity index is 442. The van der Waals surface area contributed by atoms with Crippen LogP contribution in [0.3, 0.4) is 0 Å². The minimum atomic E-state index is -0.684. The summed E-state index contributed by atoms with van der Waals surface area (Å²) in [6.45, 7) is 0. The van der Waals surface area contributed by atoms with Crippen LogP contribution in [-0.2, 0) is 4.79 Å². The van der Waals surface area contributed by atoms with Crippen LogP contribution in [0.1, 0.15) is 6.42 Å². The van der Waals surface area contributed by atoms with E-state index in [-0.39, 0.29) is 12.3 Å². The number of nitrogens with two attached hydrogens (primary N) is 1. The van der Waals surface area contributed by atoms with Crippen molar-refractivity contribution in [2.24, 2.45) is 5.73 Å². The number of hydrogen-bond donors (Lipinski definition) is 2. The molecule has 3 nitrogen and oxygen atoms in total. The molecule has 0 spiro atoms. The highest BCUT2D eigenvalue weighted by atomic mass is 127. The first-order valence-electron chi connectivity index (χ1n) is 4.49. The minimum absolute atomic E-state index is 0.218. The van der Waals surface area contributed by atoms with Gasteiger partial charge in [-0.15, -0.1) is 12.3 Å². The molecule has 5 heteroatoms. The molecule has 0 heterocycles. The summed E-state index contributed by atoms with van der Waals surface area (Å²) in [7, 11) is 0. The summed E-state index contributed by atoms with van der Waals surface area (Å²) in [6, 6.07) is 4.50. The summed E-state index contributed by atoms with van der Waals surface area (Å²) < 4.78 is 0.853. The average molecular weight is 349 g/mol. The van der Waals surface area contributed by atoms with Crippen molar-refractivity contribution >= 4 is 45.8 Å². The van der Waals surface area contributed by atoms with Crippen LogP contribution < -0.4 is 11.1 Å². The van der Waals surface area contributed by atoms with E-state index in [1.54, 1.807) is 18.2 Å². The fourth-order valence-corrected chi connectivity index (χ4v) is 2.04. The van der Waals surface area contributed by atoms with E-state index in [1.165, 1.54) is 0 Å². The van der Waals surface area contributed by atoms with Crippen molar-refractivity contribution in [1.29, 1.82) is 0 Å². The predicted molar refractivity (Wildman–Crippen MR) is 74.2 cm³/mol. The number of carbonyl (C=O) groups is 1. The van der Waals surface area contributed by atoms with Crippen molar-refractivity contribution in [3.8, 4) is 12.3 Å². The van der Waals surface area contributed by atoms with Gasteiger partial charge in [-0.05, 0) is 40.8 Å². The van der Waals surface area contributed by atoms with Gasteiger partial charge < -0.3 is 11.1 Å². The van der Waals surface area contributed by atoms with Crippen molar-refractivity contribution in [3.05, 3.63) is 26.8 Å². The summed E-state index contributed by atoms with van der Waals surface area (Å²) in [5.41, 5.74) is 6.26. The third-order valence-electron chi connectivity index (χ3n) is 1.86. The van der Waals surface area contributed by atoms with Crippen molar-refractivity contribution in [2.75, 3.05) is 5.32 Å². The molecule has 0 aliphatic heterocycles. The predicted octanol–water partition coefficient (Wildman–Crippen LogP) is 2.23. The highest BCUT2D eigenvalue weighted by Crippen LogP contribution is 2.22. The maximum absolute atomic E-state index is 11.6. The number of benzene rings is 1. The van der Waals surface area contributed by atoms with Gasteiger partial charge in [0.25, 0.3) is 0 Å². The van der Waals surface area contributed by atoms with E-state index in [1.807, 2.05) is 0 Å². The standard InChI is InChI=1S/C11H10ClIN2O/c1-2-3-9(14)11(16)15-10-5-4-7(12)6-8(10)13/h1,4-6,9H,3,14H2,(H,15,16). The van der Waals surface area contributed by atoms with Crippen LogP contribution in [0.15, 0.2) is 18.2 Å². The van der Waals surface area contributed by atoms with Crippen LogP contribution in [0, 0.1) is 15.9 Å². The van der Waals surface area contributed by atoms with Gasteiger partial charge in [0.2, 0.25) is 5.91 Å². The third kappa shape index (κ3) is 3.67. The summed E-state index contributed by atoms with van der Waals surface area (Å²) >= 11 is 7.88. The largest absolute Gasteiger partial charge is 0.324 e. The van der Waals surface area contributed by atoms with Gasteiger partial charge in [-0.2, -0.15) is 0 Å². The lowest BCUT2D eigenvalue weighted by Crippen LogP contribution is -2.35. The highest BCUT2D eigenvalue weighted by molar-refractivity contribution is 14.1. The second kappa shape index (κ2) is 6.09. The quantitative estimate of drug-likeness (QED) is 0.650. The van der Waals surface area contributed by atoms with Gasteiger partial charge in [0.15, 0.2) is 0 Å². The van der Waals surface area contributed by atoms with Crippen LogP contribution in [0.4, 0.5) is 5.69 Å². The Morgan fingerprint density at radius 3 is 2.94 bits per heavy atom. The summed E-state index contributed by atoms with van der Waals surface area (Å²) in [4.78, 5) is 11.6. The number of carbonyl (C=O) groups excluding carboxylic acids is 1. The molecule has 1 aromatic carbocycles. The fourth-order valence-electron chi connectivity index (χ4n) is 1.04. The Morgan fingerprint density at radius 2 is 2.38 bits per heavy atom. The Hall–Kier alpha value is -0.770. The highest BCUT2D eigenvalue weighted by Gasteiger charge is 2.13. The first-order chi connectivity index (χ1) is 7.54. The zero-order valence-corrected chi connectivity index (χ0v) is 11.2. The van der Waals surface area contributed by atoms with Gasteiger partial charge in [-0.25, -0.2) is 0 Å². The van der Waals surface area contributed by atoms with E-state index >= 15 is 0 Å². The van der Waals surface area contributed by atoms with E-state index in [0.717, 1.165) is 3.57 Å². The summed E-state index contributed by atoms with van der Waals surface area (Å²) in [5, 5.41) is 3.32. The number of terminal acetylenes is 1.